The molecule has 1 rings (SSSR count). The van der Waals surface area contributed by atoms with Gasteiger partial charge in [0.25, 0.3) is 0 Å². The minimum absolute atomic E-state index is 0.377. The van der Waals surface area contributed by atoms with Crippen LogP contribution in [0.15, 0.2) is 12.4 Å². The van der Waals surface area contributed by atoms with E-state index in [4.69, 9.17) is 10.8 Å². The van der Waals surface area contributed by atoms with Gasteiger partial charge in [0, 0.05) is 12.4 Å². The lowest BCUT2D eigenvalue weighted by Crippen LogP contribution is -2.23. The minimum atomic E-state index is -1.28. The SMILES string of the molecule is NC(=O)n1ccnc1C(=O)O. The number of primary amides is 1. The van der Waals surface area contributed by atoms with E-state index in [1.54, 1.807) is 0 Å². The van der Waals surface area contributed by atoms with Gasteiger partial charge < -0.3 is 10.8 Å². The Labute approximate surface area is 61.3 Å². The molecule has 6 nitrogen and oxygen atoms in total. The summed E-state index contributed by atoms with van der Waals surface area (Å²) in [5.41, 5.74) is 4.82. The van der Waals surface area contributed by atoms with Gasteiger partial charge in [-0.1, -0.05) is 0 Å². The van der Waals surface area contributed by atoms with Crippen LogP contribution in [0.4, 0.5) is 4.79 Å². The summed E-state index contributed by atoms with van der Waals surface area (Å²) in [5, 5.41) is 8.41. The number of imidazole rings is 1. The van der Waals surface area contributed by atoms with Gasteiger partial charge in [-0.05, 0) is 0 Å². The summed E-state index contributed by atoms with van der Waals surface area (Å²) in [6, 6.07) is -0.861. The first-order valence-electron chi connectivity index (χ1n) is 2.69. The topological polar surface area (TPSA) is 98.2 Å². The fourth-order valence-corrected chi connectivity index (χ4v) is 0.640. The number of hydrogen-bond donors (Lipinski definition) is 2. The first-order valence-corrected chi connectivity index (χ1v) is 2.69. The fourth-order valence-electron chi connectivity index (χ4n) is 0.640. The van der Waals surface area contributed by atoms with Gasteiger partial charge in [-0.25, -0.2) is 19.1 Å². The van der Waals surface area contributed by atoms with Crippen LogP contribution in [0.25, 0.3) is 0 Å². The molecule has 58 valence electrons. The lowest BCUT2D eigenvalue weighted by Gasteiger charge is -1.95. The quantitative estimate of drug-likeness (QED) is 0.571. The Kier molecular flexibility index (Phi) is 1.59. The molecular weight excluding hydrogens is 150 g/mol. The molecule has 0 aliphatic rings. The van der Waals surface area contributed by atoms with Crippen LogP contribution in [-0.2, 0) is 0 Å². The highest BCUT2D eigenvalue weighted by molar-refractivity contribution is 5.89. The van der Waals surface area contributed by atoms with Gasteiger partial charge in [-0.15, -0.1) is 0 Å². The molecule has 0 saturated carbocycles. The fraction of sp³-hybridized carbons (Fsp3) is 0. The van der Waals surface area contributed by atoms with Crippen molar-refractivity contribution in [2.45, 2.75) is 0 Å². The van der Waals surface area contributed by atoms with Gasteiger partial charge in [0.1, 0.15) is 0 Å². The average molecular weight is 155 g/mol. The smallest absolute Gasteiger partial charge is 0.372 e. The van der Waals surface area contributed by atoms with Gasteiger partial charge in [-0.2, -0.15) is 0 Å². The zero-order valence-corrected chi connectivity index (χ0v) is 5.39. The van der Waals surface area contributed by atoms with E-state index in [-0.39, 0.29) is 5.82 Å². The lowest BCUT2D eigenvalue weighted by atomic mass is 10.6. The summed E-state index contributed by atoms with van der Waals surface area (Å²) in [4.78, 5) is 24.2. The number of rotatable bonds is 1. The maximum Gasteiger partial charge on any atom is 0.372 e. The number of nitrogens with zero attached hydrogens (tertiary/aromatic N) is 2. The number of nitrogens with two attached hydrogens (primary N) is 1. The van der Waals surface area contributed by atoms with Crippen molar-refractivity contribution in [3.8, 4) is 0 Å². The second-order valence-corrected chi connectivity index (χ2v) is 1.76. The molecule has 0 fully saturated rings. The number of carboxylic acids is 1. The molecule has 6 heteroatoms. The van der Waals surface area contributed by atoms with Crippen LogP contribution >= 0.6 is 0 Å². The second kappa shape index (κ2) is 2.41. The molecule has 0 aromatic carbocycles. The normalized spacial score (nSPS) is 9.45. The van der Waals surface area contributed by atoms with Crippen LogP contribution in [0.5, 0.6) is 0 Å². The standard InChI is InChI=1S/C5H5N3O3/c6-5(11)8-2-1-7-3(8)4(9)10/h1-2H,(H2,6,11)(H,9,10). The van der Waals surface area contributed by atoms with E-state index >= 15 is 0 Å². The highest BCUT2D eigenvalue weighted by Crippen LogP contribution is 1.94. The van der Waals surface area contributed by atoms with Gasteiger partial charge in [-0.3, -0.25) is 0 Å². The van der Waals surface area contributed by atoms with Crippen molar-refractivity contribution < 1.29 is 14.7 Å². The van der Waals surface area contributed by atoms with Crippen LogP contribution < -0.4 is 5.73 Å². The number of hydrogen-bond acceptors (Lipinski definition) is 3. The summed E-state index contributed by atoms with van der Waals surface area (Å²) in [5.74, 6) is -1.66. The van der Waals surface area contributed by atoms with Gasteiger partial charge in [0.2, 0.25) is 5.82 Å². The molecule has 0 bridgehead atoms. The lowest BCUT2D eigenvalue weighted by molar-refractivity contribution is 0.0680. The van der Waals surface area contributed by atoms with E-state index in [0.717, 1.165) is 4.57 Å². The van der Waals surface area contributed by atoms with Gasteiger partial charge in [0.05, 0.1) is 0 Å². The molecule has 0 spiro atoms. The van der Waals surface area contributed by atoms with Crippen LogP contribution in [0, 0.1) is 0 Å². The van der Waals surface area contributed by atoms with Crippen molar-refractivity contribution in [2.24, 2.45) is 5.73 Å². The summed E-state index contributed by atoms with van der Waals surface area (Å²) < 4.78 is 0.752. The van der Waals surface area contributed by atoms with E-state index < -0.39 is 12.0 Å². The summed E-state index contributed by atoms with van der Waals surface area (Å²) in [7, 11) is 0. The van der Waals surface area contributed by atoms with Crippen molar-refractivity contribution in [2.75, 3.05) is 0 Å². The number of carbonyl (C=O) groups is 2. The Morgan fingerprint density at radius 3 is 2.64 bits per heavy atom. The third kappa shape index (κ3) is 1.18. The van der Waals surface area contributed by atoms with Crippen molar-refractivity contribution in [1.29, 1.82) is 0 Å². The molecule has 1 aromatic rings. The predicted molar refractivity (Wildman–Crippen MR) is 34.2 cm³/mol. The Bertz CT molecular complexity index is 275. The molecular formula is C5H5N3O3. The number of carboxylic acid groups (broad SMARTS) is 1. The van der Waals surface area contributed by atoms with Crippen LogP contribution in [0.2, 0.25) is 0 Å². The molecule has 0 aliphatic heterocycles. The van der Waals surface area contributed by atoms with Crippen LogP contribution in [0.1, 0.15) is 10.6 Å². The van der Waals surface area contributed by atoms with Crippen LogP contribution in [0.3, 0.4) is 0 Å². The molecule has 0 atom stereocenters. The monoisotopic (exact) mass is 155 g/mol. The van der Waals surface area contributed by atoms with Crippen molar-refractivity contribution in [3.05, 3.63) is 18.2 Å². The van der Waals surface area contributed by atoms with E-state index in [9.17, 15) is 9.59 Å². The molecule has 0 unspecified atom stereocenters. The van der Waals surface area contributed by atoms with Gasteiger partial charge >= 0.3 is 12.0 Å². The van der Waals surface area contributed by atoms with Crippen molar-refractivity contribution in [3.63, 3.8) is 0 Å². The molecule has 3 N–H and O–H groups in total. The maximum atomic E-state index is 10.5. The number of aromatic carboxylic acids is 1. The van der Waals surface area contributed by atoms with E-state index in [1.807, 2.05) is 0 Å². The average Bonchev–Trinajstić information content (AvgIpc) is 2.32. The van der Waals surface area contributed by atoms with Crippen LogP contribution in [-0.4, -0.2) is 26.7 Å². The molecule has 11 heavy (non-hydrogen) atoms. The summed E-state index contributed by atoms with van der Waals surface area (Å²) in [6.45, 7) is 0. The molecule has 1 aromatic heterocycles. The molecule has 0 radical (unpaired) electrons. The Morgan fingerprint density at radius 2 is 2.27 bits per heavy atom. The maximum absolute atomic E-state index is 10.5. The summed E-state index contributed by atoms with van der Waals surface area (Å²) >= 11 is 0. The molecule has 0 aliphatic carbocycles. The molecule has 1 amide bonds. The zero-order valence-electron chi connectivity index (χ0n) is 5.39. The largest absolute Gasteiger partial charge is 0.475 e. The Hall–Kier alpha value is -1.85. The number of amides is 1. The first kappa shape index (κ1) is 7.26. The minimum Gasteiger partial charge on any atom is -0.475 e. The van der Waals surface area contributed by atoms with Gasteiger partial charge in [0.15, 0.2) is 0 Å². The third-order valence-corrected chi connectivity index (χ3v) is 1.07. The molecule has 0 saturated heterocycles. The third-order valence-electron chi connectivity index (χ3n) is 1.07. The van der Waals surface area contributed by atoms with E-state index in [0.29, 0.717) is 0 Å². The van der Waals surface area contributed by atoms with Crippen molar-refractivity contribution in [1.82, 2.24) is 9.55 Å². The van der Waals surface area contributed by atoms with E-state index in [1.165, 1.54) is 12.4 Å². The Balaban J connectivity index is 3.16. The molecule has 1 heterocycles. The Morgan fingerprint density at radius 1 is 1.64 bits per heavy atom. The first-order chi connectivity index (χ1) is 5.13. The number of aromatic nitrogens is 2. The predicted octanol–water partition coefficient (Wildman–Crippen LogP) is -0.492. The second-order valence-electron chi connectivity index (χ2n) is 1.76. The zero-order chi connectivity index (χ0) is 8.43. The highest BCUT2D eigenvalue weighted by atomic mass is 16.4. The van der Waals surface area contributed by atoms with Crippen molar-refractivity contribution >= 4 is 12.0 Å². The highest BCUT2D eigenvalue weighted by Gasteiger charge is 2.12. The van der Waals surface area contributed by atoms with E-state index in [2.05, 4.69) is 4.98 Å². The number of carbonyl (C=O) groups excluding carboxylic acids is 1. The summed E-state index contributed by atoms with van der Waals surface area (Å²) in [6.07, 6.45) is 2.38.